The second kappa shape index (κ2) is 6.87. The van der Waals surface area contributed by atoms with E-state index in [0.717, 1.165) is 11.6 Å². The number of ether oxygens (including phenoxy) is 1. The molecule has 0 aliphatic rings. The normalized spacial score (nSPS) is 10.4. The van der Waals surface area contributed by atoms with Crippen molar-refractivity contribution in [2.45, 2.75) is 12.5 Å². The van der Waals surface area contributed by atoms with Gasteiger partial charge in [-0.2, -0.15) is 4.39 Å². The van der Waals surface area contributed by atoms with E-state index in [1.165, 1.54) is 12.1 Å². The maximum absolute atomic E-state index is 13.9. The Bertz CT molecular complexity index is 681. The number of nitro benzene ring substituents is 1. The average molecular weight is 375 g/mol. The molecule has 0 spiro atoms. The summed E-state index contributed by atoms with van der Waals surface area (Å²) in [5, 5.41) is 10.7. The predicted molar refractivity (Wildman–Crippen MR) is 81.1 cm³/mol. The predicted octanol–water partition coefficient (Wildman–Crippen LogP) is 4.81. The number of rotatable bonds is 5. The first-order valence-electron chi connectivity index (χ1n) is 5.92. The van der Waals surface area contributed by atoms with E-state index >= 15 is 0 Å². The van der Waals surface area contributed by atoms with Crippen LogP contribution in [0.1, 0.15) is 11.1 Å². The van der Waals surface area contributed by atoms with E-state index in [1.807, 2.05) is 6.07 Å². The first-order valence-corrected chi connectivity index (χ1v) is 7.25. The minimum absolute atomic E-state index is 0.112. The van der Waals surface area contributed by atoms with Crippen molar-refractivity contribution in [3.8, 4) is 5.75 Å². The summed E-state index contributed by atoms with van der Waals surface area (Å²) in [6.07, 6.45) is 0. The molecule has 0 fully saturated rings. The average Bonchev–Trinajstić information content (AvgIpc) is 2.46. The minimum Gasteiger partial charge on any atom is -0.487 e. The zero-order chi connectivity index (χ0) is 15.4. The van der Waals surface area contributed by atoms with Gasteiger partial charge in [-0.3, -0.25) is 10.1 Å². The topological polar surface area (TPSA) is 52.4 Å². The van der Waals surface area contributed by atoms with Gasteiger partial charge in [0.2, 0.25) is 5.82 Å². The summed E-state index contributed by atoms with van der Waals surface area (Å²) in [7, 11) is 0. The molecule has 0 saturated carbocycles. The van der Waals surface area contributed by atoms with Crippen molar-refractivity contribution < 1.29 is 14.1 Å². The van der Waals surface area contributed by atoms with Crippen LogP contribution in [-0.4, -0.2) is 4.92 Å². The van der Waals surface area contributed by atoms with Crippen molar-refractivity contribution in [3.05, 3.63) is 67.9 Å². The van der Waals surface area contributed by atoms with E-state index in [1.54, 1.807) is 12.1 Å². The molecule has 7 heteroatoms. The van der Waals surface area contributed by atoms with Gasteiger partial charge in [0.05, 0.1) is 15.3 Å². The molecule has 0 atom stereocenters. The highest BCUT2D eigenvalue weighted by Crippen LogP contribution is 2.31. The van der Waals surface area contributed by atoms with Gasteiger partial charge >= 0.3 is 5.69 Å². The van der Waals surface area contributed by atoms with E-state index in [2.05, 4.69) is 15.9 Å². The summed E-state index contributed by atoms with van der Waals surface area (Å²) in [4.78, 5) is 9.94. The van der Waals surface area contributed by atoms with Crippen LogP contribution in [0.5, 0.6) is 5.75 Å². The molecule has 110 valence electrons. The fraction of sp³-hybridized carbons (Fsp3) is 0.143. The third-order valence-corrected chi connectivity index (χ3v) is 3.73. The first-order chi connectivity index (χ1) is 10.0. The maximum Gasteiger partial charge on any atom is 0.305 e. The Hall–Kier alpha value is -1.66. The number of nitrogens with zero attached hydrogens (tertiary/aromatic N) is 1. The molecule has 0 heterocycles. The molecule has 0 bridgehead atoms. The number of halogens is 3. The van der Waals surface area contributed by atoms with E-state index in [9.17, 15) is 14.5 Å². The zero-order valence-electron chi connectivity index (χ0n) is 10.7. The van der Waals surface area contributed by atoms with Crippen molar-refractivity contribution in [3.63, 3.8) is 0 Å². The number of nitro groups is 1. The third kappa shape index (κ3) is 3.51. The van der Waals surface area contributed by atoms with Crippen molar-refractivity contribution in [2.75, 3.05) is 0 Å². The monoisotopic (exact) mass is 373 g/mol. The van der Waals surface area contributed by atoms with Crippen LogP contribution >= 0.6 is 27.5 Å². The molecule has 0 aliphatic heterocycles. The standard InChI is InChI=1S/C14H10BrClFNO3/c15-11-5-1-3-9(7-16)14(11)21-8-10-4-2-6-12(13(10)17)18(19)20/h1-6H,7-8H2. The molecule has 21 heavy (non-hydrogen) atoms. The van der Waals surface area contributed by atoms with E-state index in [-0.39, 0.29) is 18.1 Å². The van der Waals surface area contributed by atoms with Crippen molar-refractivity contribution in [1.29, 1.82) is 0 Å². The molecule has 2 rings (SSSR count). The molecule has 2 aromatic rings. The van der Waals surface area contributed by atoms with Crippen LogP contribution in [0.4, 0.5) is 10.1 Å². The summed E-state index contributed by atoms with van der Waals surface area (Å²) in [5.74, 6) is -0.146. The van der Waals surface area contributed by atoms with Crippen LogP contribution in [0.3, 0.4) is 0 Å². The molecule has 0 aliphatic carbocycles. The Labute approximate surface area is 133 Å². The molecule has 0 unspecified atom stereocenters. The highest BCUT2D eigenvalue weighted by atomic mass is 79.9. The van der Waals surface area contributed by atoms with Gasteiger partial charge in [-0.25, -0.2) is 0 Å². The number of alkyl halides is 1. The van der Waals surface area contributed by atoms with Crippen molar-refractivity contribution in [2.24, 2.45) is 0 Å². The van der Waals surface area contributed by atoms with Gasteiger partial charge in [-0.05, 0) is 22.0 Å². The molecule has 0 amide bonds. The minimum atomic E-state index is -0.887. The van der Waals surface area contributed by atoms with E-state index < -0.39 is 16.4 Å². The Morgan fingerprint density at radius 2 is 1.90 bits per heavy atom. The lowest BCUT2D eigenvalue weighted by atomic mass is 10.2. The Morgan fingerprint density at radius 1 is 1.24 bits per heavy atom. The number of hydrogen-bond acceptors (Lipinski definition) is 3. The summed E-state index contributed by atoms with van der Waals surface area (Å²) >= 11 is 9.15. The van der Waals surface area contributed by atoms with Gasteiger partial charge in [-0.1, -0.05) is 24.3 Å². The van der Waals surface area contributed by atoms with Crippen LogP contribution in [0.2, 0.25) is 0 Å². The summed E-state index contributed by atoms with van der Waals surface area (Å²) < 4.78 is 20.2. The largest absolute Gasteiger partial charge is 0.487 e. The van der Waals surface area contributed by atoms with Crippen LogP contribution in [0.15, 0.2) is 40.9 Å². The van der Waals surface area contributed by atoms with E-state index in [0.29, 0.717) is 10.2 Å². The molecule has 4 nitrogen and oxygen atoms in total. The summed E-state index contributed by atoms with van der Waals surface area (Å²) in [5.41, 5.74) is 0.290. The Morgan fingerprint density at radius 3 is 2.57 bits per heavy atom. The second-order valence-electron chi connectivity index (χ2n) is 4.16. The highest BCUT2D eigenvalue weighted by Gasteiger charge is 2.18. The smallest absolute Gasteiger partial charge is 0.305 e. The summed E-state index contributed by atoms with van der Waals surface area (Å²) in [6, 6.07) is 9.35. The van der Waals surface area contributed by atoms with Crippen molar-refractivity contribution in [1.82, 2.24) is 0 Å². The quantitative estimate of drug-likeness (QED) is 0.428. The SMILES string of the molecule is O=[N+]([O-])c1cccc(COc2c(Br)cccc2CCl)c1F. The lowest BCUT2D eigenvalue weighted by Gasteiger charge is -2.12. The number of benzene rings is 2. The number of para-hydroxylation sites is 1. The fourth-order valence-electron chi connectivity index (χ4n) is 1.79. The van der Waals surface area contributed by atoms with Gasteiger partial charge in [0.1, 0.15) is 12.4 Å². The second-order valence-corrected chi connectivity index (χ2v) is 5.28. The van der Waals surface area contributed by atoms with Gasteiger partial charge in [-0.15, -0.1) is 11.6 Å². The molecule has 0 saturated heterocycles. The number of hydrogen-bond donors (Lipinski definition) is 0. The highest BCUT2D eigenvalue weighted by molar-refractivity contribution is 9.10. The van der Waals surface area contributed by atoms with Crippen LogP contribution < -0.4 is 4.74 Å². The van der Waals surface area contributed by atoms with Gasteiger partial charge in [0, 0.05) is 17.2 Å². The molecule has 2 aromatic carbocycles. The molecule has 0 radical (unpaired) electrons. The van der Waals surface area contributed by atoms with Crippen molar-refractivity contribution >= 4 is 33.2 Å². The summed E-state index contributed by atoms with van der Waals surface area (Å²) in [6.45, 7) is -0.125. The van der Waals surface area contributed by atoms with Crippen LogP contribution in [-0.2, 0) is 12.5 Å². The molecule has 0 N–H and O–H groups in total. The fourth-order valence-corrected chi connectivity index (χ4v) is 2.52. The van der Waals surface area contributed by atoms with Gasteiger partial charge in [0.15, 0.2) is 0 Å². The molecular formula is C14H10BrClFNO3. The Balaban J connectivity index is 2.25. The molecular weight excluding hydrogens is 365 g/mol. The third-order valence-electron chi connectivity index (χ3n) is 2.82. The lowest BCUT2D eigenvalue weighted by molar-refractivity contribution is -0.387. The van der Waals surface area contributed by atoms with Gasteiger partial charge < -0.3 is 4.74 Å². The van der Waals surface area contributed by atoms with Crippen LogP contribution in [0, 0.1) is 15.9 Å². The first kappa shape index (κ1) is 15.7. The van der Waals surface area contributed by atoms with Crippen LogP contribution in [0.25, 0.3) is 0 Å². The Kier molecular flexibility index (Phi) is 5.14. The molecule has 0 aromatic heterocycles. The lowest BCUT2D eigenvalue weighted by Crippen LogP contribution is -2.03. The van der Waals surface area contributed by atoms with Gasteiger partial charge in [0.25, 0.3) is 0 Å². The maximum atomic E-state index is 13.9. The zero-order valence-corrected chi connectivity index (χ0v) is 13.0. The van der Waals surface area contributed by atoms with E-state index in [4.69, 9.17) is 16.3 Å².